The third-order valence-electron chi connectivity index (χ3n) is 5.11. The molecular weight excluding hydrogens is 369 g/mol. The number of halogens is 2. The lowest BCUT2D eigenvalue weighted by atomic mass is 9.89. The van der Waals surface area contributed by atoms with E-state index in [4.69, 9.17) is 11.6 Å². The molecule has 0 fully saturated rings. The summed E-state index contributed by atoms with van der Waals surface area (Å²) in [4.78, 5) is 29.0. The summed E-state index contributed by atoms with van der Waals surface area (Å²) in [5, 5.41) is 3.05. The van der Waals surface area contributed by atoms with E-state index in [0.29, 0.717) is 24.3 Å². The van der Waals surface area contributed by atoms with Gasteiger partial charge in [0.05, 0.1) is 11.7 Å². The Balaban J connectivity index is 1.92. The van der Waals surface area contributed by atoms with Crippen molar-refractivity contribution in [2.24, 2.45) is 0 Å². The number of H-pyrrole nitrogens is 1. The van der Waals surface area contributed by atoms with Crippen LogP contribution in [-0.4, -0.2) is 22.0 Å². The van der Waals surface area contributed by atoms with Crippen molar-refractivity contribution >= 4 is 23.3 Å². The number of carbonyl (C=O) groups excluding carboxylic acids is 1. The summed E-state index contributed by atoms with van der Waals surface area (Å²) in [7, 11) is 0. The molecule has 2 atom stereocenters. The molecule has 144 valence electrons. The first-order chi connectivity index (χ1) is 12.8. The van der Waals surface area contributed by atoms with Crippen molar-refractivity contribution in [2.45, 2.75) is 52.1 Å². The molecule has 27 heavy (non-hydrogen) atoms. The van der Waals surface area contributed by atoms with Gasteiger partial charge in [-0.05, 0) is 55.0 Å². The number of hydrogen-bond donors (Lipinski definition) is 2. The van der Waals surface area contributed by atoms with Crippen LogP contribution >= 0.6 is 11.6 Å². The quantitative estimate of drug-likeness (QED) is 0.799. The maximum absolute atomic E-state index is 14.3. The van der Waals surface area contributed by atoms with E-state index in [9.17, 15) is 14.0 Å². The lowest BCUT2D eigenvalue weighted by Crippen LogP contribution is -2.48. The fourth-order valence-corrected chi connectivity index (χ4v) is 4.07. The average molecular weight is 392 g/mol. The van der Waals surface area contributed by atoms with Crippen molar-refractivity contribution in [1.82, 2.24) is 9.88 Å². The maximum Gasteiger partial charge on any atom is 0.322 e. The van der Waals surface area contributed by atoms with Crippen molar-refractivity contribution in [3.63, 3.8) is 0 Å². The average Bonchev–Trinajstić information content (AvgIpc) is 2.62. The molecule has 1 aliphatic rings. The second kappa shape index (κ2) is 7.72. The molecule has 7 heteroatoms. The molecule has 0 radical (unpaired) electrons. The number of anilines is 1. The molecule has 1 aliphatic heterocycles. The summed E-state index contributed by atoms with van der Waals surface area (Å²) in [5.74, 6) is -0.562. The lowest BCUT2D eigenvalue weighted by molar-refractivity contribution is 0.148. The SMILES string of the molecule is CCc1cc(NC(=O)N2C(C)Cc3cc(=O)[nH]cc3C2CC)c(F)cc1Cl. The normalized spacial score (nSPS) is 18.9. The van der Waals surface area contributed by atoms with Crippen LogP contribution in [0.5, 0.6) is 0 Å². The largest absolute Gasteiger partial charge is 0.329 e. The molecule has 2 heterocycles. The van der Waals surface area contributed by atoms with Crippen molar-refractivity contribution in [3.05, 3.63) is 62.3 Å². The van der Waals surface area contributed by atoms with E-state index in [0.717, 1.165) is 16.7 Å². The number of urea groups is 1. The number of carbonyl (C=O) groups is 1. The number of nitrogens with zero attached hydrogens (tertiary/aromatic N) is 1. The van der Waals surface area contributed by atoms with Gasteiger partial charge >= 0.3 is 6.03 Å². The molecule has 5 nitrogen and oxygen atoms in total. The number of aromatic nitrogens is 1. The Morgan fingerprint density at radius 3 is 2.78 bits per heavy atom. The minimum atomic E-state index is -0.562. The highest BCUT2D eigenvalue weighted by Crippen LogP contribution is 2.35. The van der Waals surface area contributed by atoms with Crippen LogP contribution in [0.15, 0.2) is 29.2 Å². The maximum atomic E-state index is 14.3. The zero-order chi connectivity index (χ0) is 19.7. The lowest BCUT2D eigenvalue weighted by Gasteiger charge is -2.41. The Kier molecular flexibility index (Phi) is 5.56. The summed E-state index contributed by atoms with van der Waals surface area (Å²) in [6, 6.07) is 3.72. The van der Waals surface area contributed by atoms with Gasteiger partial charge in [-0.15, -0.1) is 0 Å². The number of benzene rings is 1. The minimum absolute atomic E-state index is 0.120. The molecule has 0 spiro atoms. The van der Waals surface area contributed by atoms with Crippen molar-refractivity contribution in [1.29, 1.82) is 0 Å². The fraction of sp³-hybridized carbons (Fsp3) is 0.400. The summed E-state index contributed by atoms with van der Waals surface area (Å²) in [6.07, 6.45) is 3.57. The molecule has 2 N–H and O–H groups in total. The third-order valence-corrected chi connectivity index (χ3v) is 5.46. The minimum Gasteiger partial charge on any atom is -0.329 e. The van der Waals surface area contributed by atoms with E-state index in [1.54, 1.807) is 23.2 Å². The van der Waals surface area contributed by atoms with Crippen LogP contribution in [0.3, 0.4) is 0 Å². The van der Waals surface area contributed by atoms with E-state index in [1.165, 1.54) is 6.07 Å². The number of fused-ring (bicyclic) bond motifs is 1. The molecule has 2 unspecified atom stereocenters. The molecule has 2 aromatic rings. The molecule has 0 saturated heterocycles. The van der Waals surface area contributed by atoms with Gasteiger partial charge in [0, 0.05) is 23.3 Å². The Morgan fingerprint density at radius 1 is 1.37 bits per heavy atom. The van der Waals surface area contributed by atoms with Gasteiger partial charge in [-0.3, -0.25) is 4.79 Å². The van der Waals surface area contributed by atoms with E-state index < -0.39 is 5.82 Å². The second-order valence-corrected chi connectivity index (χ2v) is 7.28. The number of nitrogens with one attached hydrogen (secondary N) is 2. The smallest absolute Gasteiger partial charge is 0.322 e. The van der Waals surface area contributed by atoms with Gasteiger partial charge in [-0.1, -0.05) is 25.4 Å². The predicted octanol–water partition coefficient (Wildman–Crippen LogP) is 4.66. The van der Waals surface area contributed by atoms with Gasteiger partial charge in [-0.25, -0.2) is 9.18 Å². The Morgan fingerprint density at radius 2 is 2.11 bits per heavy atom. The Labute approximate surface area is 162 Å². The highest BCUT2D eigenvalue weighted by Gasteiger charge is 2.35. The second-order valence-electron chi connectivity index (χ2n) is 6.87. The number of aryl methyl sites for hydroxylation is 1. The molecule has 0 saturated carbocycles. The fourth-order valence-electron chi connectivity index (χ4n) is 3.78. The molecular formula is C20H23ClFN3O2. The van der Waals surface area contributed by atoms with Crippen LogP contribution in [0.4, 0.5) is 14.9 Å². The first kappa shape index (κ1) is 19.4. The summed E-state index contributed by atoms with van der Waals surface area (Å²) in [6.45, 7) is 5.83. The monoisotopic (exact) mass is 391 g/mol. The zero-order valence-corrected chi connectivity index (χ0v) is 16.4. The number of rotatable bonds is 3. The Bertz CT molecular complexity index is 928. The number of amides is 2. The number of aromatic amines is 1. The van der Waals surface area contributed by atoms with Crippen LogP contribution in [0.25, 0.3) is 0 Å². The van der Waals surface area contributed by atoms with Crippen molar-refractivity contribution in [2.75, 3.05) is 5.32 Å². The number of pyridine rings is 1. The topological polar surface area (TPSA) is 65.2 Å². The van der Waals surface area contributed by atoms with Crippen LogP contribution in [0.2, 0.25) is 5.02 Å². The van der Waals surface area contributed by atoms with E-state index in [-0.39, 0.29) is 29.4 Å². The summed E-state index contributed by atoms with van der Waals surface area (Å²) < 4.78 is 14.3. The van der Waals surface area contributed by atoms with E-state index >= 15 is 0 Å². The molecule has 1 aromatic heterocycles. The third kappa shape index (κ3) is 3.72. The first-order valence-electron chi connectivity index (χ1n) is 9.14. The summed E-state index contributed by atoms with van der Waals surface area (Å²) in [5.41, 5.74) is 2.62. The van der Waals surface area contributed by atoms with Crippen LogP contribution in [0.1, 0.15) is 49.9 Å². The van der Waals surface area contributed by atoms with Crippen molar-refractivity contribution in [3.8, 4) is 0 Å². The molecule has 3 rings (SSSR count). The zero-order valence-electron chi connectivity index (χ0n) is 15.6. The number of hydrogen-bond acceptors (Lipinski definition) is 2. The van der Waals surface area contributed by atoms with Gasteiger partial charge in [0.2, 0.25) is 5.56 Å². The molecule has 0 aliphatic carbocycles. The first-order valence-corrected chi connectivity index (χ1v) is 9.52. The van der Waals surface area contributed by atoms with Crippen LogP contribution in [-0.2, 0) is 12.8 Å². The van der Waals surface area contributed by atoms with Crippen molar-refractivity contribution < 1.29 is 9.18 Å². The van der Waals surface area contributed by atoms with Gasteiger partial charge in [-0.2, -0.15) is 0 Å². The highest BCUT2D eigenvalue weighted by molar-refractivity contribution is 6.31. The van der Waals surface area contributed by atoms with Crippen LogP contribution in [0, 0.1) is 5.82 Å². The summed E-state index contributed by atoms with van der Waals surface area (Å²) >= 11 is 6.03. The molecule has 2 amide bonds. The van der Waals surface area contributed by atoms with Gasteiger partial charge in [0.25, 0.3) is 0 Å². The van der Waals surface area contributed by atoms with Gasteiger partial charge < -0.3 is 15.2 Å². The van der Waals surface area contributed by atoms with Crippen LogP contribution < -0.4 is 10.9 Å². The molecule has 1 aromatic carbocycles. The predicted molar refractivity (Wildman–Crippen MR) is 105 cm³/mol. The van der Waals surface area contributed by atoms with E-state index in [2.05, 4.69) is 10.3 Å². The molecule has 0 bridgehead atoms. The van der Waals surface area contributed by atoms with E-state index in [1.807, 2.05) is 20.8 Å². The van der Waals surface area contributed by atoms with Gasteiger partial charge in [0.1, 0.15) is 5.82 Å². The Hall–Kier alpha value is -2.34. The highest BCUT2D eigenvalue weighted by atomic mass is 35.5. The van der Waals surface area contributed by atoms with Gasteiger partial charge in [0.15, 0.2) is 0 Å². The standard InChI is InChI=1S/C20H23ClFN3O2/c1-4-12-7-17(16(22)9-15(12)21)24-20(27)25-11(3)6-13-8-19(26)23-10-14(13)18(25)5-2/h7-11,18H,4-6H2,1-3H3,(H,23,26)(H,24,27).